The van der Waals surface area contributed by atoms with Gasteiger partial charge in [-0.15, -0.1) is 0 Å². The van der Waals surface area contributed by atoms with Crippen LogP contribution in [0.1, 0.15) is 52.9 Å². The molecule has 2 nitrogen and oxygen atoms in total. The van der Waals surface area contributed by atoms with Crippen molar-refractivity contribution in [2.24, 2.45) is 11.3 Å². The van der Waals surface area contributed by atoms with E-state index < -0.39 is 0 Å². The Morgan fingerprint density at radius 2 is 1.81 bits per heavy atom. The monoisotopic (exact) mass is 225 g/mol. The molecule has 0 aliphatic heterocycles. The lowest BCUT2D eigenvalue weighted by Crippen LogP contribution is -2.30. The molecule has 0 bridgehead atoms. The van der Waals surface area contributed by atoms with Crippen molar-refractivity contribution in [3.63, 3.8) is 0 Å². The van der Waals surface area contributed by atoms with Gasteiger partial charge in [-0.25, -0.2) is 0 Å². The van der Waals surface area contributed by atoms with E-state index in [0.717, 1.165) is 31.6 Å². The van der Waals surface area contributed by atoms with E-state index in [1.165, 1.54) is 19.5 Å². The zero-order chi connectivity index (χ0) is 12.2. The molecule has 1 aliphatic rings. The number of ketones is 1. The SMILES string of the molecule is CN(CCC(C)(C)C)CC1CCC(=O)CC1. The predicted octanol–water partition coefficient (Wildman–Crippen LogP) is 3.11. The molecule has 94 valence electrons. The normalized spacial score (nSPS) is 19.4. The van der Waals surface area contributed by atoms with Gasteiger partial charge in [-0.1, -0.05) is 20.8 Å². The largest absolute Gasteiger partial charge is 0.306 e. The van der Waals surface area contributed by atoms with Gasteiger partial charge >= 0.3 is 0 Å². The Bertz CT molecular complexity index is 219. The molecule has 0 aromatic heterocycles. The summed E-state index contributed by atoms with van der Waals surface area (Å²) in [5.41, 5.74) is 0.427. The lowest BCUT2D eigenvalue weighted by molar-refractivity contribution is -0.121. The summed E-state index contributed by atoms with van der Waals surface area (Å²) in [6.45, 7) is 9.22. The number of rotatable bonds is 4. The van der Waals surface area contributed by atoms with Gasteiger partial charge in [0.2, 0.25) is 0 Å². The van der Waals surface area contributed by atoms with Gasteiger partial charge in [0.25, 0.3) is 0 Å². The van der Waals surface area contributed by atoms with E-state index in [-0.39, 0.29) is 0 Å². The fourth-order valence-electron chi connectivity index (χ4n) is 2.24. The van der Waals surface area contributed by atoms with Crippen LogP contribution in [-0.4, -0.2) is 30.8 Å². The van der Waals surface area contributed by atoms with Crippen molar-refractivity contribution < 1.29 is 4.79 Å². The summed E-state index contributed by atoms with van der Waals surface area (Å²) in [6.07, 6.45) is 5.10. The van der Waals surface area contributed by atoms with Gasteiger partial charge < -0.3 is 4.90 Å². The summed E-state index contributed by atoms with van der Waals surface area (Å²) in [6, 6.07) is 0. The van der Waals surface area contributed by atoms with E-state index in [2.05, 4.69) is 32.7 Å². The van der Waals surface area contributed by atoms with Gasteiger partial charge in [0.15, 0.2) is 0 Å². The van der Waals surface area contributed by atoms with E-state index in [1.54, 1.807) is 0 Å². The first-order chi connectivity index (χ1) is 7.37. The van der Waals surface area contributed by atoms with Crippen molar-refractivity contribution in [2.45, 2.75) is 52.9 Å². The Labute approximate surface area is 100 Å². The predicted molar refractivity (Wildman–Crippen MR) is 68.5 cm³/mol. The minimum absolute atomic E-state index is 0.427. The molecule has 0 unspecified atom stereocenters. The number of hydrogen-bond acceptors (Lipinski definition) is 2. The highest BCUT2D eigenvalue weighted by atomic mass is 16.1. The van der Waals surface area contributed by atoms with Gasteiger partial charge in [-0.3, -0.25) is 4.79 Å². The van der Waals surface area contributed by atoms with Crippen LogP contribution in [-0.2, 0) is 4.79 Å². The molecule has 1 rings (SSSR count). The Hall–Kier alpha value is -0.370. The zero-order valence-corrected chi connectivity index (χ0v) is 11.4. The van der Waals surface area contributed by atoms with Gasteiger partial charge in [-0.05, 0) is 44.2 Å². The average molecular weight is 225 g/mol. The van der Waals surface area contributed by atoms with Crippen LogP contribution in [0.4, 0.5) is 0 Å². The number of Topliss-reactive ketones (excluding diaryl/α,β-unsaturated/α-hetero) is 1. The first-order valence-electron chi connectivity index (χ1n) is 6.57. The van der Waals surface area contributed by atoms with Crippen LogP contribution in [0.5, 0.6) is 0 Å². The summed E-state index contributed by atoms with van der Waals surface area (Å²) in [7, 11) is 2.21. The van der Waals surface area contributed by atoms with E-state index in [1.807, 2.05) is 0 Å². The molecule has 1 saturated carbocycles. The molecule has 0 heterocycles. The third kappa shape index (κ3) is 5.64. The molecule has 1 aliphatic carbocycles. The molecule has 0 amide bonds. The Morgan fingerprint density at radius 1 is 1.25 bits per heavy atom. The number of carbonyl (C=O) groups is 1. The standard InChI is InChI=1S/C14H27NO/c1-14(2,3)9-10-15(4)11-12-5-7-13(16)8-6-12/h12H,5-11H2,1-4H3. The smallest absolute Gasteiger partial charge is 0.132 e. The lowest BCUT2D eigenvalue weighted by atomic mass is 9.87. The van der Waals surface area contributed by atoms with Crippen molar-refractivity contribution in [3.05, 3.63) is 0 Å². The van der Waals surface area contributed by atoms with Crippen molar-refractivity contribution in [1.29, 1.82) is 0 Å². The summed E-state index contributed by atoms with van der Waals surface area (Å²) >= 11 is 0. The van der Waals surface area contributed by atoms with Gasteiger partial charge in [0.05, 0.1) is 0 Å². The molecular formula is C14H27NO. The second-order valence-corrected chi connectivity index (χ2v) is 6.55. The fourth-order valence-corrected chi connectivity index (χ4v) is 2.24. The molecule has 0 N–H and O–H groups in total. The Kier molecular flexibility index (Phi) is 4.97. The van der Waals surface area contributed by atoms with Crippen LogP contribution in [0.15, 0.2) is 0 Å². The second kappa shape index (κ2) is 5.81. The van der Waals surface area contributed by atoms with Crippen molar-refractivity contribution >= 4 is 5.78 Å². The molecule has 0 aromatic carbocycles. The minimum atomic E-state index is 0.427. The Balaban J connectivity index is 2.19. The van der Waals surface area contributed by atoms with Crippen LogP contribution in [0.3, 0.4) is 0 Å². The minimum Gasteiger partial charge on any atom is -0.306 e. The van der Waals surface area contributed by atoms with E-state index >= 15 is 0 Å². The van der Waals surface area contributed by atoms with E-state index in [4.69, 9.17) is 0 Å². The van der Waals surface area contributed by atoms with Crippen LogP contribution in [0.25, 0.3) is 0 Å². The molecule has 0 radical (unpaired) electrons. The zero-order valence-electron chi connectivity index (χ0n) is 11.4. The molecule has 1 fully saturated rings. The molecule has 0 saturated heterocycles. The highest BCUT2D eigenvalue weighted by Gasteiger charge is 2.20. The second-order valence-electron chi connectivity index (χ2n) is 6.55. The number of nitrogens with zero attached hydrogens (tertiary/aromatic N) is 1. The summed E-state index contributed by atoms with van der Waals surface area (Å²) in [5, 5.41) is 0. The van der Waals surface area contributed by atoms with Crippen LogP contribution in [0, 0.1) is 11.3 Å². The van der Waals surface area contributed by atoms with Gasteiger partial charge in [0, 0.05) is 19.4 Å². The van der Waals surface area contributed by atoms with Crippen molar-refractivity contribution in [3.8, 4) is 0 Å². The lowest BCUT2D eigenvalue weighted by Gasteiger charge is -2.28. The molecule has 2 heteroatoms. The quantitative estimate of drug-likeness (QED) is 0.732. The van der Waals surface area contributed by atoms with Crippen molar-refractivity contribution in [2.75, 3.05) is 20.1 Å². The average Bonchev–Trinajstić information content (AvgIpc) is 2.18. The van der Waals surface area contributed by atoms with Crippen LogP contribution in [0.2, 0.25) is 0 Å². The Morgan fingerprint density at radius 3 is 2.31 bits per heavy atom. The molecule has 0 atom stereocenters. The topological polar surface area (TPSA) is 20.3 Å². The van der Waals surface area contributed by atoms with Gasteiger partial charge in [0.1, 0.15) is 5.78 Å². The first kappa shape index (κ1) is 13.7. The molecular weight excluding hydrogens is 198 g/mol. The highest BCUT2D eigenvalue weighted by molar-refractivity contribution is 5.79. The van der Waals surface area contributed by atoms with Crippen LogP contribution < -0.4 is 0 Å². The highest BCUT2D eigenvalue weighted by Crippen LogP contribution is 2.23. The third-order valence-electron chi connectivity index (χ3n) is 3.48. The van der Waals surface area contributed by atoms with Crippen LogP contribution >= 0.6 is 0 Å². The molecule has 0 spiro atoms. The van der Waals surface area contributed by atoms with Crippen molar-refractivity contribution in [1.82, 2.24) is 4.90 Å². The molecule has 0 aromatic rings. The summed E-state index contributed by atoms with van der Waals surface area (Å²) in [5.74, 6) is 1.22. The summed E-state index contributed by atoms with van der Waals surface area (Å²) < 4.78 is 0. The van der Waals surface area contributed by atoms with Gasteiger partial charge in [-0.2, -0.15) is 0 Å². The number of hydrogen-bond donors (Lipinski definition) is 0. The summed E-state index contributed by atoms with van der Waals surface area (Å²) in [4.78, 5) is 13.6. The fraction of sp³-hybridized carbons (Fsp3) is 0.929. The molecule has 16 heavy (non-hydrogen) atoms. The van der Waals surface area contributed by atoms with E-state index in [0.29, 0.717) is 11.2 Å². The first-order valence-corrected chi connectivity index (χ1v) is 6.57. The number of carbonyl (C=O) groups excluding carboxylic acids is 1. The third-order valence-corrected chi connectivity index (χ3v) is 3.48. The van der Waals surface area contributed by atoms with E-state index in [9.17, 15) is 4.79 Å². The maximum atomic E-state index is 11.1. The maximum Gasteiger partial charge on any atom is 0.132 e. The maximum absolute atomic E-state index is 11.1.